The summed E-state index contributed by atoms with van der Waals surface area (Å²) >= 11 is 5.87. The summed E-state index contributed by atoms with van der Waals surface area (Å²) in [6.45, 7) is 4.43. The van der Waals surface area contributed by atoms with Crippen LogP contribution in [0, 0.1) is 5.92 Å². The van der Waals surface area contributed by atoms with Gasteiger partial charge in [-0.15, -0.1) is 24.0 Å². The zero-order chi connectivity index (χ0) is 16.2. The van der Waals surface area contributed by atoms with Crippen molar-refractivity contribution in [2.75, 3.05) is 13.1 Å². The molecule has 1 aliphatic heterocycles. The van der Waals surface area contributed by atoms with Gasteiger partial charge in [0.2, 0.25) is 11.7 Å². The molecule has 0 spiro atoms. The van der Waals surface area contributed by atoms with E-state index in [0.29, 0.717) is 28.6 Å². The van der Waals surface area contributed by atoms with Gasteiger partial charge in [0.05, 0.1) is 0 Å². The Balaban J connectivity index is 0.00000208. The third kappa shape index (κ3) is 4.83. The second kappa shape index (κ2) is 8.66. The van der Waals surface area contributed by atoms with E-state index >= 15 is 0 Å². The van der Waals surface area contributed by atoms with Crippen molar-refractivity contribution in [3.05, 3.63) is 35.2 Å². The maximum Gasteiger partial charge on any atom is 0.248 e. The van der Waals surface area contributed by atoms with Crippen LogP contribution in [0.15, 0.2) is 33.8 Å². The Kier molecular flexibility index (Phi) is 6.85. The Hall–Kier alpha value is -1.35. The molecule has 1 unspecified atom stereocenters. The molecule has 8 heteroatoms. The second-order valence-corrected chi connectivity index (χ2v) is 6.32. The minimum atomic E-state index is 0. The highest BCUT2D eigenvalue weighted by Gasteiger charge is 2.18. The van der Waals surface area contributed by atoms with Crippen LogP contribution in [0.1, 0.15) is 25.7 Å². The minimum absolute atomic E-state index is 0. The van der Waals surface area contributed by atoms with Crippen molar-refractivity contribution in [1.82, 2.24) is 15.0 Å². The van der Waals surface area contributed by atoms with Crippen LogP contribution in [0.25, 0.3) is 11.4 Å². The number of nitrogens with two attached hydrogens (primary N) is 1. The molecule has 1 aromatic heterocycles. The van der Waals surface area contributed by atoms with Crippen LogP contribution < -0.4 is 5.73 Å². The molecule has 24 heavy (non-hydrogen) atoms. The zero-order valence-corrected chi connectivity index (χ0v) is 16.6. The molecular formula is C16H21ClIN5O. The van der Waals surface area contributed by atoms with Gasteiger partial charge < -0.3 is 15.2 Å². The van der Waals surface area contributed by atoms with Gasteiger partial charge in [-0.3, -0.25) is 0 Å². The number of aromatic nitrogens is 2. The highest BCUT2D eigenvalue weighted by atomic mass is 127. The molecule has 0 radical (unpaired) electrons. The van der Waals surface area contributed by atoms with Crippen LogP contribution in [-0.2, 0) is 6.54 Å². The minimum Gasteiger partial charge on any atom is -0.370 e. The Morgan fingerprint density at radius 1 is 1.42 bits per heavy atom. The third-order valence-electron chi connectivity index (χ3n) is 3.93. The maximum atomic E-state index is 6.06. The van der Waals surface area contributed by atoms with Crippen LogP contribution in [0.4, 0.5) is 0 Å². The predicted molar refractivity (Wildman–Crippen MR) is 105 cm³/mol. The molecule has 2 N–H and O–H groups in total. The summed E-state index contributed by atoms with van der Waals surface area (Å²) in [5.74, 6) is 2.17. The Bertz CT molecular complexity index is 688. The number of halogens is 2. The van der Waals surface area contributed by atoms with Gasteiger partial charge in [0.15, 0.2) is 5.96 Å². The first-order valence-electron chi connectivity index (χ1n) is 7.75. The van der Waals surface area contributed by atoms with Crippen molar-refractivity contribution in [3.8, 4) is 11.4 Å². The van der Waals surface area contributed by atoms with Gasteiger partial charge in [0.25, 0.3) is 0 Å². The monoisotopic (exact) mass is 461 g/mol. The number of guanidine groups is 1. The average Bonchev–Trinajstić information content (AvgIpc) is 3.02. The normalized spacial score (nSPS) is 18.3. The number of nitrogens with zero attached hydrogens (tertiary/aromatic N) is 4. The van der Waals surface area contributed by atoms with Gasteiger partial charge in [-0.05, 0) is 43.0 Å². The van der Waals surface area contributed by atoms with E-state index in [-0.39, 0.29) is 30.5 Å². The van der Waals surface area contributed by atoms with Crippen molar-refractivity contribution >= 4 is 41.5 Å². The van der Waals surface area contributed by atoms with Gasteiger partial charge in [0, 0.05) is 23.7 Å². The molecule has 130 valence electrons. The van der Waals surface area contributed by atoms with Crippen LogP contribution in [-0.4, -0.2) is 34.1 Å². The average molecular weight is 462 g/mol. The van der Waals surface area contributed by atoms with Crippen molar-refractivity contribution in [2.45, 2.75) is 26.3 Å². The third-order valence-corrected chi connectivity index (χ3v) is 4.18. The van der Waals surface area contributed by atoms with E-state index in [1.807, 2.05) is 12.1 Å². The van der Waals surface area contributed by atoms with Gasteiger partial charge in [0.1, 0.15) is 6.54 Å². The topological polar surface area (TPSA) is 80.5 Å². The van der Waals surface area contributed by atoms with E-state index in [4.69, 9.17) is 21.9 Å². The fraction of sp³-hybridized carbons (Fsp3) is 0.438. The summed E-state index contributed by atoms with van der Waals surface area (Å²) in [6, 6.07) is 7.29. The lowest BCUT2D eigenvalue weighted by Gasteiger charge is -2.31. The molecule has 0 saturated carbocycles. The van der Waals surface area contributed by atoms with E-state index in [1.165, 1.54) is 6.42 Å². The molecule has 0 amide bonds. The number of likely N-dealkylation sites (tertiary alicyclic amines) is 1. The van der Waals surface area contributed by atoms with Gasteiger partial charge in [-0.2, -0.15) is 4.98 Å². The molecule has 0 bridgehead atoms. The summed E-state index contributed by atoms with van der Waals surface area (Å²) in [7, 11) is 0. The van der Waals surface area contributed by atoms with Crippen molar-refractivity contribution < 1.29 is 4.52 Å². The van der Waals surface area contributed by atoms with Crippen LogP contribution >= 0.6 is 35.6 Å². The number of rotatable bonds is 3. The first kappa shape index (κ1) is 19.0. The summed E-state index contributed by atoms with van der Waals surface area (Å²) < 4.78 is 5.23. The quantitative estimate of drug-likeness (QED) is 0.429. The van der Waals surface area contributed by atoms with Crippen LogP contribution in [0.2, 0.25) is 5.02 Å². The summed E-state index contributed by atoms with van der Waals surface area (Å²) in [6.07, 6.45) is 2.40. The molecule has 0 aliphatic carbocycles. The molecule has 1 aromatic carbocycles. The van der Waals surface area contributed by atoms with Crippen molar-refractivity contribution in [1.29, 1.82) is 0 Å². The van der Waals surface area contributed by atoms with E-state index in [2.05, 4.69) is 27.0 Å². The van der Waals surface area contributed by atoms with E-state index in [9.17, 15) is 0 Å². The van der Waals surface area contributed by atoms with Crippen LogP contribution in [0.5, 0.6) is 0 Å². The largest absolute Gasteiger partial charge is 0.370 e. The lowest BCUT2D eigenvalue weighted by molar-refractivity contribution is 0.270. The number of piperidine rings is 1. The molecule has 1 aliphatic rings. The summed E-state index contributed by atoms with van der Waals surface area (Å²) in [5.41, 5.74) is 6.92. The molecule has 3 rings (SSSR count). The Morgan fingerprint density at radius 3 is 2.88 bits per heavy atom. The lowest BCUT2D eigenvalue weighted by atomic mass is 10.0. The van der Waals surface area contributed by atoms with E-state index in [1.54, 1.807) is 12.1 Å². The van der Waals surface area contributed by atoms with Gasteiger partial charge in [-0.1, -0.05) is 23.7 Å². The zero-order valence-electron chi connectivity index (χ0n) is 13.5. The maximum absolute atomic E-state index is 6.06. The first-order valence-corrected chi connectivity index (χ1v) is 8.13. The molecular weight excluding hydrogens is 441 g/mol. The summed E-state index contributed by atoms with van der Waals surface area (Å²) in [5, 5.41) is 4.64. The Morgan fingerprint density at radius 2 is 2.17 bits per heavy atom. The van der Waals surface area contributed by atoms with Gasteiger partial charge in [-0.25, -0.2) is 4.99 Å². The van der Waals surface area contributed by atoms with E-state index < -0.39 is 0 Å². The smallest absolute Gasteiger partial charge is 0.248 e. The molecule has 2 aromatic rings. The highest BCUT2D eigenvalue weighted by molar-refractivity contribution is 14.0. The van der Waals surface area contributed by atoms with Crippen LogP contribution in [0.3, 0.4) is 0 Å². The number of hydrogen-bond donors (Lipinski definition) is 1. The van der Waals surface area contributed by atoms with E-state index in [0.717, 1.165) is 25.1 Å². The standard InChI is InChI=1S/C16H20ClN5O.HI/c1-11-3-2-8-22(10-11)16(18)19-9-14-20-15(21-23-14)12-4-6-13(17)7-5-12;/h4-7,11H,2-3,8-10H2,1H3,(H2,18,19);1H. The van der Waals surface area contributed by atoms with Gasteiger partial charge >= 0.3 is 0 Å². The second-order valence-electron chi connectivity index (χ2n) is 5.89. The summed E-state index contributed by atoms with van der Waals surface area (Å²) in [4.78, 5) is 10.8. The molecule has 1 saturated heterocycles. The predicted octanol–water partition coefficient (Wildman–Crippen LogP) is 3.55. The number of benzene rings is 1. The SMILES string of the molecule is CC1CCCN(C(N)=NCc2nc(-c3ccc(Cl)cc3)no2)C1.I. The number of aliphatic imine (C=N–C) groups is 1. The fourth-order valence-electron chi connectivity index (χ4n) is 2.68. The van der Waals surface area contributed by atoms with Crippen molar-refractivity contribution in [3.63, 3.8) is 0 Å². The molecule has 1 atom stereocenters. The fourth-order valence-corrected chi connectivity index (χ4v) is 2.81. The van der Waals surface area contributed by atoms with Crippen molar-refractivity contribution in [2.24, 2.45) is 16.6 Å². The first-order chi connectivity index (χ1) is 11.1. The number of hydrogen-bond acceptors (Lipinski definition) is 4. The highest BCUT2D eigenvalue weighted by Crippen LogP contribution is 2.19. The molecule has 1 fully saturated rings. The molecule has 2 heterocycles. The lowest BCUT2D eigenvalue weighted by Crippen LogP contribution is -2.43. The molecule has 6 nitrogen and oxygen atoms in total. The Labute approximate surface area is 163 Å².